The van der Waals surface area contributed by atoms with Crippen molar-refractivity contribution in [3.8, 4) is 17.1 Å². The lowest BCUT2D eigenvalue weighted by Crippen LogP contribution is -2.35. The molecule has 0 radical (unpaired) electrons. The quantitative estimate of drug-likeness (QED) is 0.404. The highest BCUT2D eigenvalue weighted by Gasteiger charge is 2.36. The molecule has 3 aromatic rings. The summed E-state index contributed by atoms with van der Waals surface area (Å²) in [5, 5.41) is 15.1. The van der Waals surface area contributed by atoms with Gasteiger partial charge in [0.2, 0.25) is 5.17 Å². The Balaban J connectivity index is 1.36. The van der Waals surface area contributed by atoms with E-state index >= 15 is 0 Å². The molecule has 0 saturated carbocycles. The van der Waals surface area contributed by atoms with E-state index in [-0.39, 0.29) is 18.0 Å². The maximum atomic E-state index is 12.7. The third kappa shape index (κ3) is 4.51. The van der Waals surface area contributed by atoms with Crippen molar-refractivity contribution < 1.29 is 23.5 Å². The van der Waals surface area contributed by atoms with Crippen LogP contribution in [0.3, 0.4) is 0 Å². The van der Waals surface area contributed by atoms with E-state index in [1.807, 2.05) is 30.3 Å². The summed E-state index contributed by atoms with van der Waals surface area (Å²) in [7, 11) is 1.31. The molecule has 10 heteroatoms. The molecule has 1 amide bonds. The number of carbonyl (C=O) groups is 2. The molecule has 35 heavy (non-hydrogen) atoms. The summed E-state index contributed by atoms with van der Waals surface area (Å²) in [6.45, 7) is 0.186. The fourth-order valence-electron chi connectivity index (χ4n) is 3.46. The number of carbonyl (C=O) groups excluding carboxylic acids is 2. The fourth-order valence-corrected chi connectivity index (χ4v) is 4.25. The number of furan rings is 1. The first-order valence-corrected chi connectivity index (χ1v) is 11.3. The molecule has 0 atom stereocenters. The monoisotopic (exact) mass is 486 g/mol. The van der Waals surface area contributed by atoms with Crippen molar-refractivity contribution in [2.75, 3.05) is 13.7 Å². The van der Waals surface area contributed by atoms with Gasteiger partial charge < -0.3 is 13.9 Å². The van der Waals surface area contributed by atoms with Crippen LogP contribution >= 0.6 is 11.8 Å². The maximum absolute atomic E-state index is 12.7. The number of aliphatic imine (C=N–C) groups is 1. The Labute approximate surface area is 204 Å². The molecule has 0 unspecified atom stereocenters. The van der Waals surface area contributed by atoms with Crippen LogP contribution < -0.4 is 4.74 Å². The molecule has 174 valence electrons. The van der Waals surface area contributed by atoms with Crippen LogP contribution in [0.1, 0.15) is 16.1 Å². The molecule has 0 spiro atoms. The number of hydrogen-bond donors (Lipinski definition) is 1. The van der Waals surface area contributed by atoms with Gasteiger partial charge in [-0.1, -0.05) is 36.4 Å². The van der Waals surface area contributed by atoms with E-state index in [1.54, 1.807) is 36.4 Å². The third-order valence-electron chi connectivity index (χ3n) is 5.11. The number of hydrazone groups is 1. The van der Waals surface area contributed by atoms with Crippen molar-refractivity contribution in [2.45, 2.75) is 0 Å². The average molecular weight is 487 g/mol. The van der Waals surface area contributed by atoms with Gasteiger partial charge in [-0.05, 0) is 48.2 Å². The molecule has 0 aliphatic carbocycles. The molecule has 5 rings (SSSR count). The summed E-state index contributed by atoms with van der Waals surface area (Å²) in [6.07, 6.45) is 1.44. The van der Waals surface area contributed by atoms with Crippen molar-refractivity contribution in [1.29, 1.82) is 5.41 Å². The molecule has 9 nitrogen and oxygen atoms in total. The van der Waals surface area contributed by atoms with Gasteiger partial charge in [0.25, 0.3) is 5.91 Å². The topological polar surface area (TPSA) is 118 Å². The lowest BCUT2D eigenvalue weighted by Gasteiger charge is -2.19. The van der Waals surface area contributed by atoms with Crippen LogP contribution in [-0.2, 0) is 9.53 Å². The van der Waals surface area contributed by atoms with E-state index in [2.05, 4.69) is 10.1 Å². The number of thioether (sulfide) groups is 1. The predicted octanol–water partition coefficient (Wildman–Crippen LogP) is 4.43. The van der Waals surface area contributed by atoms with Gasteiger partial charge >= 0.3 is 5.97 Å². The molecule has 3 heterocycles. The SMILES string of the molecule is COC(=O)c1ccccc1-c1ccc(C=C2C(=N)N3N=C(COc4ccccc4)SC3=NC2=O)o1. The van der Waals surface area contributed by atoms with Gasteiger partial charge in [-0.15, -0.1) is 0 Å². The fraction of sp³-hybridized carbons (Fsp3) is 0.0800. The zero-order chi connectivity index (χ0) is 24.4. The largest absolute Gasteiger partial charge is 0.487 e. The second-order valence-electron chi connectivity index (χ2n) is 7.35. The first-order chi connectivity index (χ1) is 17.0. The Bertz CT molecular complexity index is 1420. The molecular weight excluding hydrogens is 468 g/mol. The van der Waals surface area contributed by atoms with Gasteiger partial charge in [0.05, 0.1) is 18.2 Å². The zero-order valence-corrected chi connectivity index (χ0v) is 19.2. The highest BCUT2D eigenvalue weighted by Crippen LogP contribution is 2.31. The zero-order valence-electron chi connectivity index (χ0n) is 18.4. The van der Waals surface area contributed by atoms with Crippen LogP contribution in [0.25, 0.3) is 17.4 Å². The van der Waals surface area contributed by atoms with Gasteiger partial charge in [-0.25, -0.2) is 4.79 Å². The summed E-state index contributed by atoms with van der Waals surface area (Å²) in [6, 6.07) is 19.5. The van der Waals surface area contributed by atoms with Crippen molar-refractivity contribution >= 4 is 45.8 Å². The molecule has 2 aliphatic heterocycles. The average Bonchev–Trinajstić information content (AvgIpc) is 3.52. The van der Waals surface area contributed by atoms with Crippen molar-refractivity contribution in [1.82, 2.24) is 5.01 Å². The van der Waals surface area contributed by atoms with Crippen LogP contribution in [0, 0.1) is 5.41 Å². The van der Waals surface area contributed by atoms with Crippen LogP contribution in [0.4, 0.5) is 0 Å². The molecule has 1 N–H and O–H groups in total. The maximum Gasteiger partial charge on any atom is 0.338 e. The van der Waals surface area contributed by atoms with Gasteiger partial charge in [0.15, 0.2) is 5.84 Å². The number of amidine groups is 2. The number of esters is 1. The second-order valence-corrected chi connectivity index (χ2v) is 8.40. The Morgan fingerprint density at radius 3 is 2.69 bits per heavy atom. The summed E-state index contributed by atoms with van der Waals surface area (Å²) >= 11 is 1.18. The Kier molecular flexibility index (Phi) is 6.02. The first-order valence-electron chi connectivity index (χ1n) is 10.5. The number of nitrogens with one attached hydrogen (secondary N) is 1. The molecule has 2 aliphatic rings. The summed E-state index contributed by atoms with van der Waals surface area (Å²) in [5.41, 5.74) is 0.941. The van der Waals surface area contributed by atoms with Crippen molar-refractivity contribution in [2.24, 2.45) is 10.1 Å². The van der Waals surface area contributed by atoms with E-state index in [0.717, 1.165) is 0 Å². The number of nitrogens with zero attached hydrogens (tertiary/aromatic N) is 3. The Hall–Kier alpha value is -4.44. The molecular formula is C25H18N4O5S. The van der Waals surface area contributed by atoms with Crippen molar-refractivity contribution in [3.05, 3.63) is 83.6 Å². The van der Waals surface area contributed by atoms with Crippen LogP contribution in [0.2, 0.25) is 0 Å². The number of fused-ring (bicyclic) bond motifs is 1. The highest BCUT2D eigenvalue weighted by molar-refractivity contribution is 8.27. The predicted molar refractivity (Wildman–Crippen MR) is 132 cm³/mol. The number of rotatable bonds is 6. The minimum atomic E-state index is -0.568. The lowest BCUT2D eigenvalue weighted by atomic mass is 10.1. The van der Waals surface area contributed by atoms with Gasteiger partial charge in [-0.2, -0.15) is 15.1 Å². The minimum absolute atomic E-state index is 0.0329. The lowest BCUT2D eigenvalue weighted by molar-refractivity contribution is -0.114. The molecule has 2 aromatic carbocycles. The van der Waals surface area contributed by atoms with E-state index < -0.39 is 11.9 Å². The number of methoxy groups -OCH3 is 1. The smallest absolute Gasteiger partial charge is 0.338 e. The number of hydrogen-bond acceptors (Lipinski definition) is 8. The van der Waals surface area contributed by atoms with E-state index in [9.17, 15) is 9.59 Å². The van der Waals surface area contributed by atoms with Crippen LogP contribution in [0.15, 0.2) is 86.8 Å². The van der Waals surface area contributed by atoms with Gasteiger partial charge in [-0.3, -0.25) is 10.2 Å². The first kappa shape index (κ1) is 22.4. The normalized spacial score (nSPS) is 16.1. The summed E-state index contributed by atoms with van der Waals surface area (Å²) in [5.74, 6) is 0.273. The van der Waals surface area contributed by atoms with E-state index in [4.69, 9.17) is 19.3 Å². The number of para-hydroxylation sites is 1. The minimum Gasteiger partial charge on any atom is -0.487 e. The Morgan fingerprint density at radius 2 is 1.89 bits per heavy atom. The van der Waals surface area contributed by atoms with E-state index in [1.165, 1.54) is 30.0 Å². The molecule has 1 aromatic heterocycles. The van der Waals surface area contributed by atoms with Crippen LogP contribution in [-0.4, -0.2) is 46.6 Å². The van der Waals surface area contributed by atoms with Crippen molar-refractivity contribution in [3.63, 3.8) is 0 Å². The van der Waals surface area contributed by atoms with E-state index in [0.29, 0.717) is 38.6 Å². The molecule has 0 fully saturated rings. The number of benzene rings is 2. The summed E-state index contributed by atoms with van der Waals surface area (Å²) in [4.78, 5) is 28.8. The van der Waals surface area contributed by atoms with Gasteiger partial charge in [0, 0.05) is 5.56 Å². The second kappa shape index (κ2) is 9.43. The van der Waals surface area contributed by atoms with Gasteiger partial charge in [0.1, 0.15) is 28.9 Å². The number of ether oxygens (including phenoxy) is 2. The highest BCUT2D eigenvalue weighted by atomic mass is 32.2. The van der Waals surface area contributed by atoms with Crippen LogP contribution in [0.5, 0.6) is 5.75 Å². The summed E-state index contributed by atoms with van der Waals surface area (Å²) < 4.78 is 16.4. The molecule has 0 bridgehead atoms. The molecule has 0 saturated heterocycles. The number of amides is 1. The standard InChI is InChI=1S/C25H18N4O5S/c1-32-24(31)18-10-6-5-9-17(18)20-12-11-16(34-20)13-19-22(26)29-25(27-23(19)30)35-21(28-29)14-33-15-7-3-2-4-8-15/h2-13,26H,14H2,1H3. The third-order valence-corrected chi connectivity index (χ3v) is 5.99. The Morgan fingerprint density at radius 1 is 1.11 bits per heavy atom.